The maximum atomic E-state index is 12.6. The molecule has 0 unspecified atom stereocenters. The van der Waals surface area contributed by atoms with Crippen LogP contribution in [0.4, 0.5) is 11.6 Å². The highest BCUT2D eigenvalue weighted by molar-refractivity contribution is 5.93. The number of anilines is 2. The summed E-state index contributed by atoms with van der Waals surface area (Å²) in [6, 6.07) is 8.32. The zero-order valence-corrected chi connectivity index (χ0v) is 13.9. The summed E-state index contributed by atoms with van der Waals surface area (Å²) in [7, 11) is 2.08. The lowest BCUT2D eigenvalue weighted by Crippen LogP contribution is -2.47. The first-order valence-electron chi connectivity index (χ1n) is 8.38. The van der Waals surface area contributed by atoms with E-state index >= 15 is 0 Å². The number of piperazine rings is 1. The van der Waals surface area contributed by atoms with Crippen molar-refractivity contribution < 1.29 is 4.79 Å². The van der Waals surface area contributed by atoms with Crippen LogP contribution in [0, 0.1) is 0 Å². The summed E-state index contributed by atoms with van der Waals surface area (Å²) in [5.41, 5.74) is 3.05. The highest BCUT2D eigenvalue weighted by atomic mass is 16.2. The van der Waals surface area contributed by atoms with Crippen LogP contribution in [0.3, 0.4) is 0 Å². The van der Waals surface area contributed by atoms with Gasteiger partial charge < -0.3 is 14.7 Å². The topological polar surface area (TPSA) is 52.6 Å². The number of hydrogen-bond acceptors (Lipinski definition) is 5. The highest BCUT2D eigenvalue weighted by Gasteiger charge is 2.24. The molecule has 1 fully saturated rings. The van der Waals surface area contributed by atoms with Crippen molar-refractivity contribution >= 4 is 17.5 Å². The van der Waals surface area contributed by atoms with Crippen molar-refractivity contribution in [2.24, 2.45) is 0 Å². The van der Waals surface area contributed by atoms with Crippen LogP contribution in [0.15, 0.2) is 36.7 Å². The van der Waals surface area contributed by atoms with Gasteiger partial charge in [-0.3, -0.25) is 4.79 Å². The molecule has 0 saturated carbocycles. The van der Waals surface area contributed by atoms with Gasteiger partial charge in [0.1, 0.15) is 0 Å². The quantitative estimate of drug-likeness (QED) is 0.839. The Labute approximate surface area is 141 Å². The second-order valence-electron chi connectivity index (χ2n) is 6.40. The summed E-state index contributed by atoms with van der Waals surface area (Å²) in [4.78, 5) is 27.7. The molecule has 2 aromatic rings. The predicted molar refractivity (Wildman–Crippen MR) is 92.6 cm³/mol. The average molecular weight is 323 g/mol. The van der Waals surface area contributed by atoms with E-state index in [0.29, 0.717) is 11.5 Å². The Hall–Kier alpha value is -2.47. The van der Waals surface area contributed by atoms with Crippen LogP contribution in [-0.2, 0) is 6.42 Å². The Kier molecular flexibility index (Phi) is 3.90. The number of hydrogen-bond donors (Lipinski definition) is 0. The summed E-state index contributed by atoms with van der Waals surface area (Å²) >= 11 is 0. The normalized spacial score (nSPS) is 17.9. The second kappa shape index (κ2) is 6.20. The number of carbonyl (C=O) groups is 1. The van der Waals surface area contributed by atoms with Crippen LogP contribution in [0.25, 0.3) is 0 Å². The van der Waals surface area contributed by atoms with Crippen molar-refractivity contribution in [3.63, 3.8) is 0 Å². The van der Waals surface area contributed by atoms with Crippen LogP contribution in [-0.4, -0.2) is 65.4 Å². The fourth-order valence-electron chi connectivity index (χ4n) is 3.31. The third-order valence-corrected chi connectivity index (χ3v) is 4.80. The average Bonchev–Trinajstić information content (AvgIpc) is 3.06. The van der Waals surface area contributed by atoms with Gasteiger partial charge >= 0.3 is 0 Å². The Bertz CT molecular complexity index is 737. The molecule has 2 aliphatic rings. The monoisotopic (exact) mass is 323 g/mol. The van der Waals surface area contributed by atoms with Crippen LogP contribution in [0.1, 0.15) is 15.9 Å². The largest absolute Gasteiger partial charge is 0.336 e. The molecule has 1 aromatic heterocycles. The molecular formula is C18H21N5O. The molecule has 124 valence electrons. The number of carbonyl (C=O) groups excluding carboxylic acids is 1. The lowest BCUT2D eigenvalue weighted by Gasteiger charge is -2.32. The zero-order chi connectivity index (χ0) is 16.5. The molecule has 4 rings (SSSR count). The number of para-hydroxylation sites is 1. The molecule has 0 N–H and O–H groups in total. The van der Waals surface area contributed by atoms with Gasteiger partial charge in [0.15, 0.2) is 0 Å². The van der Waals surface area contributed by atoms with E-state index in [1.54, 1.807) is 12.4 Å². The van der Waals surface area contributed by atoms with E-state index in [-0.39, 0.29) is 5.91 Å². The van der Waals surface area contributed by atoms with Crippen LogP contribution in [0.5, 0.6) is 0 Å². The van der Waals surface area contributed by atoms with Crippen LogP contribution >= 0.6 is 0 Å². The Morgan fingerprint density at radius 1 is 1.00 bits per heavy atom. The predicted octanol–water partition coefficient (Wildman–Crippen LogP) is 1.56. The number of benzene rings is 1. The summed E-state index contributed by atoms with van der Waals surface area (Å²) in [6.07, 6.45) is 4.31. The van der Waals surface area contributed by atoms with Gasteiger partial charge in [-0.25, -0.2) is 9.97 Å². The van der Waals surface area contributed by atoms with Crippen LogP contribution < -0.4 is 4.90 Å². The third kappa shape index (κ3) is 2.73. The fourth-order valence-corrected chi connectivity index (χ4v) is 3.31. The zero-order valence-electron chi connectivity index (χ0n) is 13.9. The van der Waals surface area contributed by atoms with E-state index in [9.17, 15) is 4.79 Å². The number of aromatic nitrogens is 2. The third-order valence-electron chi connectivity index (χ3n) is 4.80. The summed E-state index contributed by atoms with van der Waals surface area (Å²) < 4.78 is 0. The van der Waals surface area contributed by atoms with Crippen molar-refractivity contribution in [3.8, 4) is 0 Å². The van der Waals surface area contributed by atoms with Gasteiger partial charge in [-0.15, -0.1) is 0 Å². The van der Waals surface area contributed by atoms with Gasteiger partial charge in [-0.2, -0.15) is 0 Å². The van der Waals surface area contributed by atoms with Gasteiger partial charge in [-0.1, -0.05) is 18.2 Å². The number of rotatable bonds is 2. The molecule has 1 saturated heterocycles. The van der Waals surface area contributed by atoms with Gasteiger partial charge in [-0.05, 0) is 25.1 Å². The Morgan fingerprint density at radius 2 is 1.71 bits per heavy atom. The van der Waals surface area contributed by atoms with E-state index in [4.69, 9.17) is 0 Å². The molecular weight excluding hydrogens is 302 g/mol. The second-order valence-corrected chi connectivity index (χ2v) is 6.40. The first kappa shape index (κ1) is 15.1. The van der Waals surface area contributed by atoms with E-state index in [0.717, 1.165) is 44.8 Å². The van der Waals surface area contributed by atoms with Gasteiger partial charge in [0.2, 0.25) is 5.95 Å². The van der Waals surface area contributed by atoms with Gasteiger partial charge in [0, 0.05) is 50.8 Å². The van der Waals surface area contributed by atoms with Crippen molar-refractivity contribution in [1.82, 2.24) is 19.8 Å². The molecule has 0 aliphatic carbocycles. The van der Waals surface area contributed by atoms with Crippen molar-refractivity contribution in [3.05, 3.63) is 47.8 Å². The number of likely N-dealkylation sites (N-methyl/N-ethyl adjacent to an activating group) is 1. The maximum absolute atomic E-state index is 12.6. The molecule has 0 spiro atoms. The lowest BCUT2D eigenvalue weighted by molar-refractivity contribution is 0.0663. The number of nitrogens with zero attached hydrogens (tertiary/aromatic N) is 5. The highest BCUT2D eigenvalue weighted by Crippen LogP contribution is 2.31. The number of fused-ring (bicyclic) bond motifs is 1. The molecule has 2 aliphatic heterocycles. The first-order valence-corrected chi connectivity index (χ1v) is 8.38. The molecule has 6 nitrogen and oxygen atoms in total. The summed E-state index contributed by atoms with van der Waals surface area (Å²) in [5, 5.41) is 0. The van der Waals surface area contributed by atoms with E-state index in [1.807, 2.05) is 11.0 Å². The standard InChI is InChI=1S/C18H21N5O/c1-21-8-10-22(11-9-21)17(24)15-12-19-18(20-13-15)23-7-6-14-4-2-3-5-16(14)23/h2-5,12-13H,6-11H2,1H3. The Balaban J connectivity index is 1.50. The van der Waals surface area contributed by atoms with Crippen molar-refractivity contribution in [2.75, 3.05) is 44.7 Å². The van der Waals surface area contributed by atoms with Gasteiger partial charge in [0.25, 0.3) is 5.91 Å². The fraction of sp³-hybridized carbons (Fsp3) is 0.389. The summed E-state index contributed by atoms with van der Waals surface area (Å²) in [5.74, 6) is 0.686. The molecule has 1 amide bonds. The molecule has 24 heavy (non-hydrogen) atoms. The summed E-state index contributed by atoms with van der Waals surface area (Å²) in [6.45, 7) is 4.22. The van der Waals surface area contributed by atoms with Crippen molar-refractivity contribution in [2.45, 2.75) is 6.42 Å². The van der Waals surface area contributed by atoms with E-state index in [2.05, 4.69) is 45.0 Å². The van der Waals surface area contributed by atoms with Crippen LogP contribution in [0.2, 0.25) is 0 Å². The lowest BCUT2D eigenvalue weighted by atomic mass is 10.2. The van der Waals surface area contributed by atoms with E-state index < -0.39 is 0 Å². The van der Waals surface area contributed by atoms with E-state index in [1.165, 1.54) is 5.56 Å². The molecule has 6 heteroatoms. The molecule has 0 atom stereocenters. The Morgan fingerprint density at radius 3 is 2.46 bits per heavy atom. The molecule has 0 bridgehead atoms. The SMILES string of the molecule is CN1CCN(C(=O)c2cnc(N3CCc4ccccc43)nc2)CC1. The number of amides is 1. The van der Waals surface area contributed by atoms with Gasteiger partial charge in [0.05, 0.1) is 5.56 Å². The minimum Gasteiger partial charge on any atom is -0.336 e. The maximum Gasteiger partial charge on any atom is 0.257 e. The molecule has 1 aromatic carbocycles. The molecule has 0 radical (unpaired) electrons. The first-order chi connectivity index (χ1) is 11.7. The van der Waals surface area contributed by atoms with Crippen molar-refractivity contribution in [1.29, 1.82) is 0 Å². The molecule has 3 heterocycles. The smallest absolute Gasteiger partial charge is 0.257 e. The minimum atomic E-state index is 0.0245. The minimum absolute atomic E-state index is 0.0245.